The normalized spacial score (nSPS) is 19.2. The van der Waals surface area contributed by atoms with Crippen molar-refractivity contribution in [3.8, 4) is 0 Å². The zero-order chi connectivity index (χ0) is 12.4. The first-order chi connectivity index (χ1) is 8.77. The molecule has 3 heteroatoms. The first-order valence-electron chi connectivity index (χ1n) is 6.65. The number of para-hydroxylation sites is 1. The third-order valence-corrected chi connectivity index (χ3v) is 3.98. The molecule has 3 nitrogen and oxygen atoms in total. The van der Waals surface area contributed by atoms with Gasteiger partial charge in [-0.2, -0.15) is 0 Å². The Bertz CT molecular complexity index is 526. The number of nitrogens with one attached hydrogen (secondary N) is 2. The van der Waals surface area contributed by atoms with Crippen LogP contribution >= 0.6 is 0 Å². The summed E-state index contributed by atoms with van der Waals surface area (Å²) in [5.74, 6) is 0. The highest BCUT2D eigenvalue weighted by Gasteiger charge is 2.26. The van der Waals surface area contributed by atoms with Crippen molar-refractivity contribution >= 4 is 10.9 Å². The monoisotopic (exact) mass is 244 g/mol. The minimum absolute atomic E-state index is 0.219. The van der Waals surface area contributed by atoms with E-state index >= 15 is 0 Å². The molecule has 0 saturated carbocycles. The number of hydrogen-bond acceptors (Lipinski definition) is 2. The van der Waals surface area contributed by atoms with Crippen molar-refractivity contribution < 1.29 is 4.74 Å². The minimum Gasteiger partial charge on any atom is -0.381 e. The molecule has 0 unspecified atom stereocenters. The number of benzene rings is 1. The molecule has 2 aromatic rings. The van der Waals surface area contributed by atoms with E-state index in [-0.39, 0.29) is 5.54 Å². The van der Waals surface area contributed by atoms with Crippen molar-refractivity contribution in [2.75, 3.05) is 13.2 Å². The van der Waals surface area contributed by atoms with Crippen molar-refractivity contribution in [1.82, 2.24) is 10.3 Å². The number of H-pyrrole nitrogens is 1. The molecule has 0 radical (unpaired) electrons. The number of fused-ring (bicyclic) bond motifs is 1. The van der Waals surface area contributed by atoms with E-state index in [0.29, 0.717) is 0 Å². The van der Waals surface area contributed by atoms with Gasteiger partial charge in [-0.05, 0) is 31.4 Å². The van der Waals surface area contributed by atoms with E-state index in [1.807, 2.05) is 0 Å². The molecular formula is C15H20N2O. The van der Waals surface area contributed by atoms with Gasteiger partial charge in [-0.3, -0.25) is 0 Å². The highest BCUT2D eigenvalue weighted by molar-refractivity contribution is 5.82. The van der Waals surface area contributed by atoms with Gasteiger partial charge in [0.1, 0.15) is 0 Å². The molecule has 2 N–H and O–H groups in total. The van der Waals surface area contributed by atoms with Crippen LogP contribution < -0.4 is 5.32 Å². The van der Waals surface area contributed by atoms with Crippen LogP contribution in [-0.4, -0.2) is 23.7 Å². The fraction of sp³-hybridized carbons (Fsp3) is 0.467. The van der Waals surface area contributed by atoms with E-state index in [1.165, 1.54) is 16.5 Å². The quantitative estimate of drug-likeness (QED) is 0.871. The lowest BCUT2D eigenvalue weighted by molar-refractivity contribution is 0.0446. The molecule has 1 aliphatic heterocycles. The van der Waals surface area contributed by atoms with Gasteiger partial charge in [0, 0.05) is 42.4 Å². The highest BCUT2D eigenvalue weighted by atomic mass is 16.5. The summed E-state index contributed by atoms with van der Waals surface area (Å²) >= 11 is 0. The van der Waals surface area contributed by atoms with Crippen LogP contribution in [0.2, 0.25) is 0 Å². The van der Waals surface area contributed by atoms with Crippen LogP contribution in [0.4, 0.5) is 0 Å². The first kappa shape index (κ1) is 11.8. The van der Waals surface area contributed by atoms with Crippen LogP contribution in [0, 0.1) is 0 Å². The summed E-state index contributed by atoms with van der Waals surface area (Å²) < 4.78 is 5.43. The van der Waals surface area contributed by atoms with E-state index in [4.69, 9.17) is 4.74 Å². The summed E-state index contributed by atoms with van der Waals surface area (Å²) in [5.41, 5.74) is 2.78. The molecule has 1 fully saturated rings. The van der Waals surface area contributed by atoms with Crippen LogP contribution in [0.25, 0.3) is 10.9 Å². The third kappa shape index (κ3) is 2.28. The van der Waals surface area contributed by atoms with Gasteiger partial charge in [0.15, 0.2) is 0 Å². The van der Waals surface area contributed by atoms with E-state index in [0.717, 1.165) is 32.6 Å². The maximum Gasteiger partial charge on any atom is 0.0483 e. The van der Waals surface area contributed by atoms with Crippen molar-refractivity contribution in [3.05, 3.63) is 36.0 Å². The Morgan fingerprint density at radius 2 is 2.06 bits per heavy atom. The lowest BCUT2D eigenvalue weighted by Gasteiger charge is -2.34. The van der Waals surface area contributed by atoms with E-state index < -0.39 is 0 Å². The van der Waals surface area contributed by atoms with Crippen LogP contribution in [0.5, 0.6) is 0 Å². The lowest BCUT2D eigenvalue weighted by Crippen LogP contribution is -2.46. The second-order valence-electron chi connectivity index (χ2n) is 5.39. The fourth-order valence-electron chi connectivity index (χ4n) is 2.59. The van der Waals surface area contributed by atoms with Gasteiger partial charge in [-0.25, -0.2) is 0 Å². The Hall–Kier alpha value is -1.32. The molecule has 1 saturated heterocycles. The number of aromatic nitrogens is 1. The van der Waals surface area contributed by atoms with Gasteiger partial charge in [0.2, 0.25) is 0 Å². The summed E-state index contributed by atoms with van der Waals surface area (Å²) in [6.45, 7) is 4.96. The summed E-state index contributed by atoms with van der Waals surface area (Å²) in [7, 11) is 0. The molecule has 18 heavy (non-hydrogen) atoms. The van der Waals surface area contributed by atoms with E-state index in [9.17, 15) is 0 Å². The van der Waals surface area contributed by atoms with Crippen molar-refractivity contribution in [2.45, 2.75) is 31.8 Å². The average molecular weight is 244 g/mol. The van der Waals surface area contributed by atoms with E-state index in [1.54, 1.807) is 0 Å². The molecular weight excluding hydrogens is 224 g/mol. The topological polar surface area (TPSA) is 37.0 Å². The Morgan fingerprint density at radius 3 is 2.89 bits per heavy atom. The molecule has 2 heterocycles. The largest absolute Gasteiger partial charge is 0.381 e. The summed E-state index contributed by atoms with van der Waals surface area (Å²) in [6.07, 6.45) is 4.30. The Balaban J connectivity index is 1.73. The molecule has 0 spiro atoms. The second-order valence-corrected chi connectivity index (χ2v) is 5.39. The number of hydrogen-bond donors (Lipinski definition) is 2. The van der Waals surface area contributed by atoms with Gasteiger partial charge in [-0.15, -0.1) is 0 Å². The molecule has 1 aliphatic rings. The highest BCUT2D eigenvalue weighted by Crippen LogP contribution is 2.22. The predicted octanol–water partition coefficient (Wildman–Crippen LogP) is 2.83. The first-order valence-corrected chi connectivity index (χ1v) is 6.65. The average Bonchev–Trinajstić information content (AvgIpc) is 2.81. The molecule has 0 amide bonds. The Kier molecular flexibility index (Phi) is 3.10. The zero-order valence-electron chi connectivity index (χ0n) is 10.8. The van der Waals surface area contributed by atoms with Crippen LogP contribution in [0.3, 0.4) is 0 Å². The summed E-state index contributed by atoms with van der Waals surface area (Å²) in [5, 5.41) is 5.01. The minimum atomic E-state index is 0.219. The molecule has 0 bridgehead atoms. The smallest absolute Gasteiger partial charge is 0.0483 e. The van der Waals surface area contributed by atoms with Crippen LogP contribution in [0.1, 0.15) is 25.3 Å². The van der Waals surface area contributed by atoms with Crippen molar-refractivity contribution in [2.24, 2.45) is 0 Å². The molecule has 0 aliphatic carbocycles. The van der Waals surface area contributed by atoms with E-state index in [2.05, 4.69) is 47.7 Å². The standard InChI is InChI=1S/C15H20N2O/c1-15(6-8-18-9-7-15)17-11-12-10-16-14-5-3-2-4-13(12)14/h2-5,10,16-17H,6-9,11H2,1H3. The summed E-state index contributed by atoms with van der Waals surface area (Å²) in [6, 6.07) is 8.45. The SMILES string of the molecule is CC1(NCc2c[nH]c3ccccc23)CCOCC1. The van der Waals surface area contributed by atoms with Gasteiger partial charge in [-0.1, -0.05) is 18.2 Å². The van der Waals surface area contributed by atoms with Crippen LogP contribution in [-0.2, 0) is 11.3 Å². The molecule has 1 aromatic carbocycles. The maximum atomic E-state index is 5.43. The number of rotatable bonds is 3. The number of ether oxygens (including phenoxy) is 1. The zero-order valence-corrected chi connectivity index (χ0v) is 10.8. The van der Waals surface area contributed by atoms with Gasteiger partial charge >= 0.3 is 0 Å². The van der Waals surface area contributed by atoms with Crippen LogP contribution in [0.15, 0.2) is 30.5 Å². The Morgan fingerprint density at radius 1 is 1.28 bits per heavy atom. The number of aromatic amines is 1. The molecule has 3 rings (SSSR count). The predicted molar refractivity (Wildman–Crippen MR) is 73.6 cm³/mol. The third-order valence-electron chi connectivity index (χ3n) is 3.98. The van der Waals surface area contributed by atoms with Crippen molar-refractivity contribution in [1.29, 1.82) is 0 Å². The van der Waals surface area contributed by atoms with Gasteiger partial charge < -0.3 is 15.0 Å². The van der Waals surface area contributed by atoms with Gasteiger partial charge in [0.05, 0.1) is 0 Å². The van der Waals surface area contributed by atoms with Crippen molar-refractivity contribution in [3.63, 3.8) is 0 Å². The fourth-order valence-corrected chi connectivity index (χ4v) is 2.59. The van der Waals surface area contributed by atoms with Gasteiger partial charge in [0.25, 0.3) is 0 Å². The second kappa shape index (κ2) is 4.75. The Labute approximate surface area is 108 Å². The maximum absolute atomic E-state index is 5.43. The summed E-state index contributed by atoms with van der Waals surface area (Å²) in [4.78, 5) is 3.32. The molecule has 96 valence electrons. The molecule has 1 aromatic heterocycles. The lowest BCUT2D eigenvalue weighted by atomic mass is 9.92. The molecule has 0 atom stereocenters.